The van der Waals surface area contributed by atoms with Crippen molar-refractivity contribution in [2.24, 2.45) is 0 Å². The average Bonchev–Trinajstić information content (AvgIpc) is 2.97. The highest BCUT2D eigenvalue weighted by Crippen LogP contribution is 2.47. The molecule has 0 bridgehead atoms. The van der Waals surface area contributed by atoms with E-state index in [4.69, 9.17) is 0 Å². The summed E-state index contributed by atoms with van der Waals surface area (Å²) in [5.41, 5.74) is 6.62. The number of hydrogen-bond acceptors (Lipinski definition) is 2. The Labute approximate surface area is 160 Å². The van der Waals surface area contributed by atoms with Gasteiger partial charge in [0.05, 0.1) is 10.7 Å². The molecule has 2 nitrogen and oxygen atoms in total. The molecular weight excluding hydrogens is 336 g/mol. The van der Waals surface area contributed by atoms with Gasteiger partial charge < -0.3 is 4.90 Å². The first-order chi connectivity index (χ1) is 12.6. The van der Waals surface area contributed by atoms with Gasteiger partial charge in [0.2, 0.25) is 11.2 Å². The van der Waals surface area contributed by atoms with Crippen LogP contribution >= 0.6 is 11.8 Å². The number of benzene rings is 2. The highest BCUT2D eigenvalue weighted by Gasteiger charge is 2.26. The Hall–Kier alpha value is -2.26. The fourth-order valence-corrected chi connectivity index (χ4v) is 4.92. The number of hydrogen-bond donors (Lipinski definition) is 0. The number of thioether (sulfide) groups is 1. The zero-order chi connectivity index (χ0) is 18.3. The highest BCUT2D eigenvalue weighted by molar-refractivity contribution is 8.03. The summed E-state index contributed by atoms with van der Waals surface area (Å²) in [6.07, 6.45) is 2.34. The molecule has 3 aromatic rings. The van der Waals surface area contributed by atoms with Gasteiger partial charge in [-0.3, -0.25) is 0 Å². The molecule has 132 valence electrons. The lowest BCUT2D eigenvalue weighted by atomic mass is 10.1. The van der Waals surface area contributed by atoms with Crippen LogP contribution in [0.4, 0.5) is 5.69 Å². The molecule has 0 spiro atoms. The number of rotatable bonds is 3. The Morgan fingerprint density at radius 1 is 1.00 bits per heavy atom. The SMILES string of the molecule is CCN1C(=Cc2ccc3ccccc3[n+]2CC)Sc2cc(C)c(C)cc21. The van der Waals surface area contributed by atoms with Crippen LogP contribution in [0.25, 0.3) is 17.0 Å². The molecule has 0 amide bonds. The molecule has 2 heterocycles. The van der Waals surface area contributed by atoms with E-state index in [1.165, 1.54) is 43.3 Å². The van der Waals surface area contributed by atoms with Crippen LogP contribution in [0, 0.1) is 13.8 Å². The van der Waals surface area contributed by atoms with Crippen LogP contribution in [-0.2, 0) is 6.54 Å². The van der Waals surface area contributed by atoms with Crippen molar-refractivity contribution in [3.63, 3.8) is 0 Å². The molecule has 1 aliphatic rings. The van der Waals surface area contributed by atoms with Gasteiger partial charge in [-0.2, -0.15) is 4.57 Å². The van der Waals surface area contributed by atoms with Gasteiger partial charge in [0.25, 0.3) is 0 Å². The molecule has 0 saturated carbocycles. The molecule has 1 aromatic heterocycles. The maximum atomic E-state index is 2.43. The normalized spacial score (nSPS) is 15.1. The van der Waals surface area contributed by atoms with Crippen molar-refractivity contribution >= 4 is 34.4 Å². The van der Waals surface area contributed by atoms with E-state index in [1.54, 1.807) is 0 Å². The zero-order valence-corrected chi connectivity index (χ0v) is 16.7. The third kappa shape index (κ3) is 2.80. The van der Waals surface area contributed by atoms with Crippen molar-refractivity contribution in [2.45, 2.75) is 39.1 Å². The third-order valence-electron chi connectivity index (χ3n) is 5.22. The smallest absolute Gasteiger partial charge is 0.212 e. The van der Waals surface area contributed by atoms with Crippen molar-refractivity contribution in [2.75, 3.05) is 11.4 Å². The summed E-state index contributed by atoms with van der Waals surface area (Å²) >= 11 is 1.88. The molecule has 0 radical (unpaired) electrons. The van der Waals surface area contributed by atoms with E-state index in [2.05, 4.69) is 91.8 Å². The van der Waals surface area contributed by atoms with Crippen LogP contribution in [0.15, 0.2) is 58.5 Å². The van der Waals surface area contributed by atoms with Crippen molar-refractivity contribution in [3.05, 3.63) is 70.4 Å². The fraction of sp³-hybridized carbons (Fsp3) is 0.261. The predicted octanol–water partition coefficient (Wildman–Crippen LogP) is 5.69. The average molecular weight is 362 g/mol. The zero-order valence-electron chi connectivity index (χ0n) is 15.9. The molecule has 0 N–H and O–H groups in total. The summed E-state index contributed by atoms with van der Waals surface area (Å²) in [5.74, 6) is 0. The van der Waals surface area contributed by atoms with E-state index in [0.717, 1.165) is 13.1 Å². The summed E-state index contributed by atoms with van der Waals surface area (Å²) < 4.78 is 2.40. The second-order valence-electron chi connectivity index (χ2n) is 6.79. The largest absolute Gasteiger partial charge is 0.335 e. The molecule has 0 fully saturated rings. The Morgan fingerprint density at radius 2 is 1.77 bits per heavy atom. The second kappa shape index (κ2) is 6.81. The maximum Gasteiger partial charge on any atom is 0.212 e. The number of para-hydroxylation sites is 1. The first kappa shape index (κ1) is 17.2. The minimum atomic E-state index is 0.961. The minimum Gasteiger partial charge on any atom is -0.335 e. The van der Waals surface area contributed by atoms with E-state index in [0.29, 0.717) is 0 Å². The Kier molecular flexibility index (Phi) is 4.49. The van der Waals surface area contributed by atoms with Crippen LogP contribution in [0.5, 0.6) is 0 Å². The number of nitrogens with zero attached hydrogens (tertiary/aromatic N) is 2. The summed E-state index contributed by atoms with van der Waals surface area (Å²) in [5, 5.41) is 2.60. The molecule has 4 rings (SSSR count). The topological polar surface area (TPSA) is 7.12 Å². The molecule has 0 unspecified atom stereocenters. The molecule has 0 atom stereocenters. The minimum absolute atomic E-state index is 0.961. The number of anilines is 1. The van der Waals surface area contributed by atoms with Gasteiger partial charge in [-0.15, -0.1) is 0 Å². The third-order valence-corrected chi connectivity index (χ3v) is 6.32. The van der Waals surface area contributed by atoms with Gasteiger partial charge in [-0.1, -0.05) is 23.9 Å². The maximum absolute atomic E-state index is 2.43. The Morgan fingerprint density at radius 3 is 2.54 bits per heavy atom. The van der Waals surface area contributed by atoms with Gasteiger partial charge in [0.15, 0.2) is 0 Å². The summed E-state index contributed by atoms with van der Waals surface area (Å²) in [4.78, 5) is 3.80. The molecule has 1 aliphatic heterocycles. The molecule has 26 heavy (non-hydrogen) atoms. The lowest BCUT2D eigenvalue weighted by molar-refractivity contribution is -0.669. The monoisotopic (exact) mass is 361 g/mol. The van der Waals surface area contributed by atoms with E-state index in [9.17, 15) is 0 Å². The first-order valence-electron chi connectivity index (χ1n) is 9.32. The predicted molar refractivity (Wildman–Crippen MR) is 113 cm³/mol. The van der Waals surface area contributed by atoms with Crippen molar-refractivity contribution in [1.29, 1.82) is 0 Å². The lowest BCUT2D eigenvalue weighted by Crippen LogP contribution is -2.36. The summed E-state index contributed by atoms with van der Waals surface area (Å²) in [7, 11) is 0. The molecule has 0 aliphatic carbocycles. The number of fused-ring (bicyclic) bond motifs is 2. The van der Waals surface area contributed by atoms with E-state index >= 15 is 0 Å². The quantitative estimate of drug-likeness (QED) is 0.553. The summed E-state index contributed by atoms with van der Waals surface area (Å²) in [6, 6.07) is 17.7. The van der Waals surface area contributed by atoms with Crippen molar-refractivity contribution in [3.8, 4) is 0 Å². The molecule has 2 aromatic carbocycles. The van der Waals surface area contributed by atoms with Crippen LogP contribution in [0.1, 0.15) is 30.7 Å². The van der Waals surface area contributed by atoms with Gasteiger partial charge in [0, 0.05) is 35.0 Å². The first-order valence-corrected chi connectivity index (χ1v) is 10.1. The number of pyridine rings is 1. The van der Waals surface area contributed by atoms with Gasteiger partial charge >= 0.3 is 0 Å². The summed E-state index contributed by atoms with van der Waals surface area (Å²) in [6.45, 7) is 10.8. The van der Waals surface area contributed by atoms with Crippen LogP contribution in [-0.4, -0.2) is 6.54 Å². The number of aryl methyl sites for hydroxylation is 3. The lowest BCUT2D eigenvalue weighted by Gasteiger charge is -2.18. The van der Waals surface area contributed by atoms with Gasteiger partial charge in [-0.25, -0.2) is 0 Å². The van der Waals surface area contributed by atoms with Crippen LogP contribution < -0.4 is 9.47 Å². The van der Waals surface area contributed by atoms with Crippen molar-refractivity contribution in [1.82, 2.24) is 0 Å². The van der Waals surface area contributed by atoms with E-state index in [1.807, 2.05) is 11.8 Å². The van der Waals surface area contributed by atoms with E-state index < -0.39 is 0 Å². The molecule has 0 saturated heterocycles. The van der Waals surface area contributed by atoms with Gasteiger partial charge in [-0.05, 0) is 63.1 Å². The molecule has 3 heteroatoms. The van der Waals surface area contributed by atoms with Gasteiger partial charge in [0.1, 0.15) is 6.54 Å². The number of aromatic nitrogens is 1. The van der Waals surface area contributed by atoms with E-state index in [-0.39, 0.29) is 0 Å². The van der Waals surface area contributed by atoms with Crippen molar-refractivity contribution < 1.29 is 4.57 Å². The highest BCUT2D eigenvalue weighted by atomic mass is 32.2. The Bertz CT molecular complexity index is 1020. The fourth-order valence-electron chi connectivity index (χ4n) is 3.67. The Balaban J connectivity index is 1.83. The van der Waals surface area contributed by atoms with Crippen LogP contribution in [0.2, 0.25) is 0 Å². The second-order valence-corrected chi connectivity index (χ2v) is 7.86. The standard InChI is InChI=1S/C23H25N2S/c1-5-24-19(12-11-18-9-7-8-10-20(18)24)15-23-25(6-2)21-13-16(3)17(4)14-22(21)26-23/h7-15H,5-6H2,1-4H3/q+1. The molecular formula is C23H25N2S+. The van der Waals surface area contributed by atoms with Crippen LogP contribution in [0.3, 0.4) is 0 Å².